The molecule has 1 aromatic carbocycles. The molecule has 22 heavy (non-hydrogen) atoms. The summed E-state index contributed by atoms with van der Waals surface area (Å²) in [4.78, 5) is 27.3. The number of rotatable bonds is 1. The minimum Gasteiger partial charge on any atom is -0.274 e. The molecule has 1 aromatic rings. The highest BCUT2D eigenvalue weighted by Crippen LogP contribution is 2.73. The zero-order chi connectivity index (χ0) is 15.2. The fourth-order valence-electron chi connectivity index (χ4n) is 5.05. The third kappa shape index (κ3) is 1.34. The second-order valence-corrected chi connectivity index (χ2v) is 8.02. The maximum absolute atomic E-state index is 13.0. The van der Waals surface area contributed by atoms with Crippen LogP contribution >= 0.6 is 15.9 Å². The molecular weight excluding hydrogens is 342 g/mol. The lowest BCUT2D eigenvalue weighted by atomic mass is 9.85. The third-order valence-corrected chi connectivity index (χ3v) is 7.12. The van der Waals surface area contributed by atoms with Crippen LogP contribution in [0.1, 0.15) is 18.4 Å². The van der Waals surface area contributed by atoms with Gasteiger partial charge in [-0.15, -0.1) is 0 Å². The summed E-state index contributed by atoms with van der Waals surface area (Å²) >= 11 is 3.50. The predicted molar refractivity (Wildman–Crippen MR) is 86.1 cm³/mol. The van der Waals surface area contributed by atoms with Gasteiger partial charge in [0.1, 0.15) is 0 Å². The van der Waals surface area contributed by atoms with E-state index in [0.717, 1.165) is 10.0 Å². The monoisotopic (exact) mass is 357 g/mol. The lowest BCUT2D eigenvalue weighted by Gasteiger charge is -2.22. The van der Waals surface area contributed by atoms with E-state index in [2.05, 4.69) is 28.1 Å². The Balaban J connectivity index is 1.57. The molecular formula is C18H16BrNO2. The van der Waals surface area contributed by atoms with Crippen molar-refractivity contribution in [3.05, 3.63) is 40.4 Å². The number of fused-ring (bicyclic) bond motifs is 3. The maximum atomic E-state index is 13.0. The third-order valence-electron chi connectivity index (χ3n) is 6.27. The highest BCUT2D eigenvalue weighted by atomic mass is 79.9. The molecule has 2 saturated carbocycles. The minimum absolute atomic E-state index is 0.00822. The normalized spacial score (nSPS) is 36.5. The number of aryl methyl sites for hydroxylation is 1. The molecule has 3 fully saturated rings. The molecule has 4 atom stereocenters. The summed E-state index contributed by atoms with van der Waals surface area (Å²) in [5.41, 5.74) is 2.06. The molecule has 0 aromatic heterocycles. The van der Waals surface area contributed by atoms with Crippen molar-refractivity contribution < 1.29 is 9.59 Å². The molecule has 0 radical (unpaired) electrons. The van der Waals surface area contributed by atoms with Gasteiger partial charge in [0.05, 0.1) is 17.5 Å². The topological polar surface area (TPSA) is 37.4 Å². The van der Waals surface area contributed by atoms with Crippen LogP contribution in [0.3, 0.4) is 0 Å². The van der Waals surface area contributed by atoms with Crippen LogP contribution in [0.25, 0.3) is 0 Å². The Hall–Kier alpha value is -1.42. The second-order valence-electron chi connectivity index (χ2n) is 7.17. The first-order valence-corrected chi connectivity index (χ1v) is 8.66. The standard InChI is InChI=1S/C18H16BrNO2/c1-9-2-3-10(8-13(9)19)20-16(21)14-11-4-5-12(15(14)17(20)22)18(11)6-7-18/h2-5,8,11-12,14-15H,6-7H2,1H3/t11-,12-,14-,15+/m0/s1. The van der Waals surface area contributed by atoms with E-state index in [4.69, 9.17) is 0 Å². The number of hydrogen-bond acceptors (Lipinski definition) is 2. The Morgan fingerprint density at radius 3 is 2.18 bits per heavy atom. The summed E-state index contributed by atoms with van der Waals surface area (Å²) < 4.78 is 0.933. The summed E-state index contributed by atoms with van der Waals surface area (Å²) in [7, 11) is 0. The van der Waals surface area contributed by atoms with Gasteiger partial charge >= 0.3 is 0 Å². The van der Waals surface area contributed by atoms with Crippen LogP contribution in [0.2, 0.25) is 0 Å². The van der Waals surface area contributed by atoms with E-state index in [1.807, 2.05) is 25.1 Å². The van der Waals surface area contributed by atoms with Gasteiger partial charge in [0, 0.05) is 4.47 Å². The SMILES string of the molecule is Cc1ccc(N2C(=O)[C@@H]3[C@H](C2=O)[C@@H]2C=C[C@@H]3C23CC3)cc1Br. The molecule has 1 heterocycles. The van der Waals surface area contributed by atoms with Crippen molar-refractivity contribution in [2.75, 3.05) is 4.90 Å². The van der Waals surface area contributed by atoms with Gasteiger partial charge in [0.25, 0.3) is 0 Å². The van der Waals surface area contributed by atoms with E-state index in [-0.39, 0.29) is 40.9 Å². The molecule has 1 saturated heterocycles. The number of carbonyl (C=O) groups is 2. The van der Waals surface area contributed by atoms with E-state index in [1.165, 1.54) is 17.7 Å². The van der Waals surface area contributed by atoms with Gasteiger partial charge in [0.2, 0.25) is 11.8 Å². The zero-order valence-electron chi connectivity index (χ0n) is 12.3. The molecule has 0 unspecified atom stereocenters. The number of hydrogen-bond donors (Lipinski definition) is 0. The summed E-state index contributed by atoms with van der Waals surface area (Å²) in [5.74, 6) is 0.355. The Labute approximate surface area is 137 Å². The van der Waals surface area contributed by atoms with Crippen molar-refractivity contribution in [1.29, 1.82) is 0 Å². The molecule has 3 aliphatic carbocycles. The molecule has 4 heteroatoms. The number of imide groups is 1. The smallest absolute Gasteiger partial charge is 0.238 e. The Morgan fingerprint density at radius 1 is 1.09 bits per heavy atom. The van der Waals surface area contributed by atoms with Gasteiger partial charge in [-0.3, -0.25) is 9.59 Å². The van der Waals surface area contributed by atoms with Crippen molar-refractivity contribution >= 4 is 33.4 Å². The number of amides is 2. The first-order chi connectivity index (χ1) is 10.5. The quantitative estimate of drug-likeness (QED) is 0.570. The van der Waals surface area contributed by atoms with Crippen LogP contribution in [-0.2, 0) is 9.59 Å². The van der Waals surface area contributed by atoms with Gasteiger partial charge in [-0.2, -0.15) is 0 Å². The van der Waals surface area contributed by atoms with Crippen molar-refractivity contribution in [3.63, 3.8) is 0 Å². The van der Waals surface area contributed by atoms with Crippen LogP contribution in [0, 0.1) is 36.0 Å². The Kier molecular flexibility index (Phi) is 2.32. The first kappa shape index (κ1) is 13.1. The number of nitrogens with zero attached hydrogens (tertiary/aromatic N) is 1. The van der Waals surface area contributed by atoms with Crippen LogP contribution < -0.4 is 4.90 Å². The van der Waals surface area contributed by atoms with E-state index >= 15 is 0 Å². The molecule has 4 aliphatic rings. The van der Waals surface area contributed by atoms with Crippen molar-refractivity contribution in [3.8, 4) is 0 Å². The molecule has 3 nitrogen and oxygen atoms in total. The van der Waals surface area contributed by atoms with Gasteiger partial charge in [-0.25, -0.2) is 4.90 Å². The lowest BCUT2D eigenvalue weighted by Crippen LogP contribution is -2.34. The van der Waals surface area contributed by atoms with Crippen LogP contribution in [0.4, 0.5) is 5.69 Å². The highest BCUT2D eigenvalue weighted by Gasteiger charge is 2.73. The van der Waals surface area contributed by atoms with Crippen LogP contribution in [-0.4, -0.2) is 11.8 Å². The fourth-order valence-corrected chi connectivity index (χ4v) is 5.42. The van der Waals surface area contributed by atoms with Gasteiger partial charge < -0.3 is 0 Å². The first-order valence-electron chi connectivity index (χ1n) is 7.87. The number of carbonyl (C=O) groups excluding carboxylic acids is 2. The van der Waals surface area contributed by atoms with Crippen LogP contribution in [0.15, 0.2) is 34.8 Å². The molecule has 2 bridgehead atoms. The Bertz CT molecular complexity index is 730. The molecule has 0 N–H and O–H groups in total. The summed E-state index contributed by atoms with van der Waals surface area (Å²) in [6.07, 6.45) is 6.77. The average molecular weight is 358 g/mol. The number of benzene rings is 1. The second kappa shape index (κ2) is 3.91. The number of halogens is 1. The van der Waals surface area contributed by atoms with Crippen molar-refractivity contribution in [1.82, 2.24) is 0 Å². The van der Waals surface area contributed by atoms with Gasteiger partial charge in [-0.05, 0) is 54.7 Å². The summed E-state index contributed by atoms with van der Waals surface area (Å²) in [6.45, 7) is 2.00. The lowest BCUT2D eigenvalue weighted by molar-refractivity contribution is -0.123. The molecule has 1 aliphatic heterocycles. The van der Waals surface area contributed by atoms with Gasteiger partial charge in [0.15, 0.2) is 0 Å². The van der Waals surface area contributed by atoms with E-state index in [9.17, 15) is 9.59 Å². The van der Waals surface area contributed by atoms with E-state index < -0.39 is 0 Å². The molecule has 5 rings (SSSR count). The molecule has 1 spiro atoms. The van der Waals surface area contributed by atoms with E-state index in [0.29, 0.717) is 5.69 Å². The Morgan fingerprint density at radius 2 is 1.68 bits per heavy atom. The van der Waals surface area contributed by atoms with Gasteiger partial charge in [-0.1, -0.05) is 34.1 Å². The fraction of sp³-hybridized carbons (Fsp3) is 0.444. The number of anilines is 1. The predicted octanol–water partition coefficient (Wildman–Crippen LogP) is 3.46. The van der Waals surface area contributed by atoms with E-state index in [1.54, 1.807) is 0 Å². The largest absolute Gasteiger partial charge is 0.274 e. The zero-order valence-corrected chi connectivity index (χ0v) is 13.8. The minimum atomic E-state index is -0.120. The maximum Gasteiger partial charge on any atom is 0.238 e. The molecule has 112 valence electrons. The molecule has 2 amide bonds. The number of allylic oxidation sites excluding steroid dienone is 2. The highest BCUT2D eigenvalue weighted by molar-refractivity contribution is 9.10. The average Bonchev–Trinajstić information content (AvgIpc) is 3.08. The summed E-state index contributed by atoms with van der Waals surface area (Å²) in [6, 6.07) is 5.71. The van der Waals surface area contributed by atoms with Crippen molar-refractivity contribution in [2.45, 2.75) is 19.8 Å². The van der Waals surface area contributed by atoms with Crippen molar-refractivity contribution in [2.24, 2.45) is 29.1 Å². The summed E-state index contributed by atoms with van der Waals surface area (Å²) in [5, 5.41) is 0. The van der Waals surface area contributed by atoms with Crippen LogP contribution in [0.5, 0.6) is 0 Å².